The van der Waals surface area contributed by atoms with Crippen molar-refractivity contribution in [3.05, 3.63) is 70.6 Å². The first-order valence-electron chi connectivity index (χ1n) is 6.87. The SMILES string of the molecule is O=C(NC[C@H](O)c1ccc(-c2ccco2)cc1)c1cccs1. The van der Waals surface area contributed by atoms with Gasteiger partial charge in [-0.15, -0.1) is 11.3 Å². The van der Waals surface area contributed by atoms with E-state index in [-0.39, 0.29) is 12.5 Å². The number of carbonyl (C=O) groups is 1. The van der Waals surface area contributed by atoms with Crippen LogP contribution in [0.3, 0.4) is 0 Å². The van der Waals surface area contributed by atoms with Crippen molar-refractivity contribution in [3.8, 4) is 11.3 Å². The predicted octanol–water partition coefficient (Wildman–Crippen LogP) is 3.47. The number of hydrogen-bond donors (Lipinski definition) is 2. The summed E-state index contributed by atoms with van der Waals surface area (Å²) in [6.07, 6.45) is 0.882. The van der Waals surface area contributed by atoms with Gasteiger partial charge in [0.15, 0.2) is 0 Å². The Hall–Kier alpha value is -2.37. The second kappa shape index (κ2) is 6.60. The first-order chi connectivity index (χ1) is 10.7. The molecule has 1 atom stereocenters. The molecule has 0 radical (unpaired) electrons. The molecule has 22 heavy (non-hydrogen) atoms. The number of benzene rings is 1. The molecule has 5 heteroatoms. The normalized spacial score (nSPS) is 12.0. The van der Waals surface area contributed by atoms with E-state index in [1.54, 1.807) is 12.3 Å². The second-order valence-electron chi connectivity index (χ2n) is 4.80. The number of nitrogens with one attached hydrogen (secondary N) is 1. The van der Waals surface area contributed by atoms with Gasteiger partial charge in [-0.2, -0.15) is 0 Å². The number of carbonyl (C=O) groups excluding carboxylic acids is 1. The van der Waals surface area contributed by atoms with Gasteiger partial charge in [-0.05, 0) is 29.1 Å². The van der Waals surface area contributed by atoms with Crippen LogP contribution in [0.5, 0.6) is 0 Å². The third kappa shape index (κ3) is 3.27. The number of hydrogen-bond acceptors (Lipinski definition) is 4. The molecule has 112 valence electrons. The van der Waals surface area contributed by atoms with E-state index < -0.39 is 6.10 Å². The molecule has 0 bridgehead atoms. The highest BCUT2D eigenvalue weighted by Gasteiger charge is 2.12. The minimum absolute atomic E-state index is 0.166. The largest absolute Gasteiger partial charge is 0.464 e. The van der Waals surface area contributed by atoms with Crippen LogP contribution in [0.4, 0.5) is 0 Å². The summed E-state index contributed by atoms with van der Waals surface area (Å²) < 4.78 is 5.32. The van der Waals surface area contributed by atoms with E-state index in [1.807, 2.05) is 47.8 Å². The molecule has 0 aliphatic carbocycles. The van der Waals surface area contributed by atoms with Gasteiger partial charge in [0.1, 0.15) is 5.76 Å². The van der Waals surface area contributed by atoms with E-state index in [0.717, 1.165) is 16.9 Å². The lowest BCUT2D eigenvalue weighted by Gasteiger charge is -2.12. The molecule has 0 fully saturated rings. The molecule has 1 aromatic carbocycles. The number of rotatable bonds is 5. The van der Waals surface area contributed by atoms with E-state index in [1.165, 1.54) is 11.3 Å². The van der Waals surface area contributed by atoms with Gasteiger partial charge in [0, 0.05) is 12.1 Å². The van der Waals surface area contributed by atoms with Crippen molar-refractivity contribution in [1.29, 1.82) is 0 Å². The van der Waals surface area contributed by atoms with Crippen LogP contribution in [0.15, 0.2) is 64.6 Å². The number of thiophene rings is 1. The Labute approximate surface area is 132 Å². The van der Waals surface area contributed by atoms with Crippen LogP contribution in [0.1, 0.15) is 21.3 Å². The molecule has 3 aromatic rings. The molecule has 2 heterocycles. The standard InChI is InChI=1S/C17H15NO3S/c19-14(11-18-17(20)16-4-2-10-22-16)12-5-7-13(8-6-12)15-3-1-9-21-15/h1-10,14,19H,11H2,(H,18,20)/t14-/m0/s1. The summed E-state index contributed by atoms with van der Waals surface area (Å²) in [7, 11) is 0. The van der Waals surface area contributed by atoms with Crippen molar-refractivity contribution in [2.24, 2.45) is 0 Å². The topological polar surface area (TPSA) is 62.5 Å². The lowest BCUT2D eigenvalue weighted by molar-refractivity contribution is 0.0920. The number of furan rings is 1. The fourth-order valence-electron chi connectivity index (χ4n) is 2.11. The Morgan fingerprint density at radius 2 is 2.00 bits per heavy atom. The van der Waals surface area contributed by atoms with Crippen molar-refractivity contribution < 1.29 is 14.3 Å². The Morgan fingerprint density at radius 3 is 2.64 bits per heavy atom. The molecular weight excluding hydrogens is 298 g/mol. The Bertz CT molecular complexity index is 718. The maximum atomic E-state index is 11.8. The van der Waals surface area contributed by atoms with Gasteiger partial charge in [-0.1, -0.05) is 30.3 Å². The van der Waals surface area contributed by atoms with Crippen LogP contribution >= 0.6 is 11.3 Å². The van der Waals surface area contributed by atoms with Crippen molar-refractivity contribution in [3.63, 3.8) is 0 Å². The lowest BCUT2D eigenvalue weighted by atomic mass is 10.1. The van der Waals surface area contributed by atoms with Crippen LogP contribution in [0, 0.1) is 0 Å². The second-order valence-corrected chi connectivity index (χ2v) is 5.75. The van der Waals surface area contributed by atoms with E-state index in [9.17, 15) is 9.90 Å². The third-order valence-corrected chi connectivity index (χ3v) is 4.17. The van der Waals surface area contributed by atoms with E-state index >= 15 is 0 Å². The third-order valence-electron chi connectivity index (χ3n) is 3.30. The summed E-state index contributed by atoms with van der Waals surface area (Å²) in [5.74, 6) is 0.619. The zero-order chi connectivity index (χ0) is 15.4. The maximum Gasteiger partial charge on any atom is 0.261 e. The van der Waals surface area contributed by atoms with Crippen LogP contribution < -0.4 is 5.32 Å². The summed E-state index contributed by atoms with van der Waals surface area (Å²) in [5.41, 5.74) is 1.70. The average Bonchev–Trinajstić information content (AvgIpc) is 3.25. The van der Waals surface area contributed by atoms with Crippen molar-refractivity contribution in [2.75, 3.05) is 6.54 Å². The zero-order valence-corrected chi connectivity index (χ0v) is 12.5. The van der Waals surface area contributed by atoms with Gasteiger partial charge in [0.05, 0.1) is 17.2 Å². The van der Waals surface area contributed by atoms with Crippen molar-refractivity contribution >= 4 is 17.2 Å². The Kier molecular flexibility index (Phi) is 4.37. The maximum absolute atomic E-state index is 11.8. The summed E-state index contributed by atoms with van der Waals surface area (Å²) in [5, 5.41) is 14.7. The van der Waals surface area contributed by atoms with Crippen molar-refractivity contribution in [2.45, 2.75) is 6.10 Å². The fourth-order valence-corrected chi connectivity index (χ4v) is 2.75. The smallest absolute Gasteiger partial charge is 0.261 e. The molecule has 2 N–H and O–H groups in total. The Balaban J connectivity index is 1.60. The molecule has 0 aliphatic heterocycles. The molecule has 0 spiro atoms. The van der Waals surface area contributed by atoms with Crippen LogP contribution in [0.25, 0.3) is 11.3 Å². The molecule has 2 aromatic heterocycles. The first kappa shape index (κ1) is 14.6. The van der Waals surface area contributed by atoms with Crippen molar-refractivity contribution in [1.82, 2.24) is 5.32 Å². The van der Waals surface area contributed by atoms with E-state index in [4.69, 9.17) is 4.42 Å². The highest BCUT2D eigenvalue weighted by molar-refractivity contribution is 7.12. The molecule has 1 amide bonds. The van der Waals surface area contributed by atoms with Gasteiger partial charge < -0.3 is 14.8 Å². The molecule has 4 nitrogen and oxygen atoms in total. The van der Waals surface area contributed by atoms with E-state index in [2.05, 4.69) is 5.32 Å². The van der Waals surface area contributed by atoms with E-state index in [0.29, 0.717) is 4.88 Å². The number of amides is 1. The fraction of sp³-hybridized carbons (Fsp3) is 0.118. The first-order valence-corrected chi connectivity index (χ1v) is 7.75. The van der Waals surface area contributed by atoms with Gasteiger partial charge in [0.2, 0.25) is 0 Å². The molecule has 0 unspecified atom stereocenters. The van der Waals surface area contributed by atoms with Gasteiger partial charge in [-0.25, -0.2) is 0 Å². The van der Waals surface area contributed by atoms with Gasteiger partial charge in [-0.3, -0.25) is 4.79 Å². The number of aliphatic hydroxyl groups is 1. The molecule has 0 saturated heterocycles. The molecule has 3 rings (SSSR count). The lowest BCUT2D eigenvalue weighted by Crippen LogP contribution is -2.27. The molecule has 0 saturated carbocycles. The molecular formula is C17H15NO3S. The summed E-state index contributed by atoms with van der Waals surface area (Å²) in [6.45, 7) is 0.177. The highest BCUT2D eigenvalue weighted by atomic mass is 32.1. The monoisotopic (exact) mass is 313 g/mol. The quantitative estimate of drug-likeness (QED) is 0.758. The highest BCUT2D eigenvalue weighted by Crippen LogP contribution is 2.22. The van der Waals surface area contributed by atoms with Gasteiger partial charge >= 0.3 is 0 Å². The summed E-state index contributed by atoms with van der Waals surface area (Å²) in [6, 6.07) is 14.7. The minimum atomic E-state index is -0.741. The zero-order valence-electron chi connectivity index (χ0n) is 11.7. The van der Waals surface area contributed by atoms with Crippen LogP contribution in [-0.4, -0.2) is 17.6 Å². The van der Waals surface area contributed by atoms with Crippen LogP contribution in [0.2, 0.25) is 0 Å². The van der Waals surface area contributed by atoms with Gasteiger partial charge in [0.25, 0.3) is 5.91 Å². The molecule has 0 aliphatic rings. The van der Waals surface area contributed by atoms with Crippen LogP contribution in [-0.2, 0) is 0 Å². The average molecular weight is 313 g/mol. The number of aliphatic hydroxyl groups excluding tert-OH is 1. The minimum Gasteiger partial charge on any atom is -0.464 e. The summed E-state index contributed by atoms with van der Waals surface area (Å²) in [4.78, 5) is 12.5. The Morgan fingerprint density at radius 1 is 1.18 bits per heavy atom. The predicted molar refractivity (Wildman–Crippen MR) is 85.8 cm³/mol. The summed E-state index contributed by atoms with van der Waals surface area (Å²) >= 11 is 1.37.